The molecule has 67 heavy (non-hydrogen) atoms. The van der Waals surface area contributed by atoms with Crippen LogP contribution in [-0.4, -0.2) is 109 Å². The van der Waals surface area contributed by atoms with Gasteiger partial charge >= 0.3 is 101 Å². The Bertz CT molecular complexity index is 2880. The van der Waals surface area contributed by atoms with Gasteiger partial charge in [0.2, 0.25) is 5.69 Å². The van der Waals surface area contributed by atoms with E-state index in [1.54, 1.807) is 23.3 Å². The van der Waals surface area contributed by atoms with Gasteiger partial charge in [0.25, 0.3) is 20.2 Å². The van der Waals surface area contributed by atoms with Crippen molar-refractivity contribution in [3.8, 4) is 0 Å². The van der Waals surface area contributed by atoms with Crippen LogP contribution >= 0.6 is 0 Å². The molecule has 3 aliphatic rings. The van der Waals surface area contributed by atoms with E-state index in [1.165, 1.54) is 36.4 Å². The molecule has 350 valence electrons. The van der Waals surface area contributed by atoms with Crippen LogP contribution in [0.2, 0.25) is 0 Å². The van der Waals surface area contributed by atoms with Crippen LogP contribution in [0.25, 0.3) is 0 Å². The molecule has 4 N–H and O–H groups in total. The Balaban J connectivity index is 0.00000514. The first-order chi connectivity index (χ1) is 29.5. The van der Waals surface area contributed by atoms with Gasteiger partial charge in [-0.2, -0.15) is 21.4 Å². The van der Waals surface area contributed by atoms with E-state index in [1.807, 2.05) is 0 Å². The number of rotatable bonds is 22. The Kier molecular flexibility index (Phi) is 21.7. The van der Waals surface area contributed by atoms with Gasteiger partial charge in [0, 0.05) is 66.1 Å². The molecule has 0 unspecified atom stereocenters. The number of nitrogens with zero attached hydrogens (tertiary/aromatic N) is 2. The van der Waals surface area contributed by atoms with Crippen LogP contribution in [0.5, 0.6) is 0 Å². The van der Waals surface area contributed by atoms with Crippen molar-refractivity contribution in [1.29, 1.82) is 0 Å². The minimum atomic E-state index is -4.99. The van der Waals surface area contributed by atoms with E-state index >= 15 is 0 Å². The van der Waals surface area contributed by atoms with E-state index in [9.17, 15) is 76.8 Å². The Hall–Kier alpha value is -1.75. The first kappa shape index (κ1) is 61.4. The SMILES string of the molecule is C=C1C(=CC2=[N+](CCCS(=O)(=O)[O-])c3ccc(S(=O)(=O)[O-])cc3[C@@]2(C)CCCCC(=O)O)C([O-])=C1C=C1N(CCCS(=O)(=O)O)c2ccc(S(=O)(=O)O)cc2[C@@]1(C)CCCCC(=O)O.[Na+].[Na+].[Na+]. The molecule has 0 aromatic heterocycles. The van der Waals surface area contributed by atoms with Crippen molar-refractivity contribution in [3.63, 3.8) is 0 Å². The zero-order valence-corrected chi connectivity index (χ0v) is 47.1. The van der Waals surface area contributed by atoms with Gasteiger partial charge in [-0.1, -0.05) is 25.2 Å². The van der Waals surface area contributed by atoms with Crippen molar-refractivity contribution in [2.24, 2.45) is 0 Å². The van der Waals surface area contributed by atoms with Crippen LogP contribution in [0.4, 0.5) is 11.4 Å². The number of allylic oxidation sites excluding steroid dienone is 5. The summed E-state index contributed by atoms with van der Waals surface area (Å²) in [6, 6.07) is 7.39. The maximum atomic E-state index is 14.4. The average Bonchev–Trinajstić information content (AvgIpc) is 3.54. The van der Waals surface area contributed by atoms with Crippen molar-refractivity contribution in [1.82, 2.24) is 0 Å². The number of fused-ring (bicyclic) bond motifs is 2. The minimum Gasteiger partial charge on any atom is -0.872 e. The second-order valence-corrected chi connectivity index (χ2v) is 22.3. The fourth-order valence-electron chi connectivity index (χ4n) is 8.71. The summed E-state index contributed by atoms with van der Waals surface area (Å²) in [5, 5.41) is 33.0. The first-order valence-electron chi connectivity index (χ1n) is 20.0. The summed E-state index contributed by atoms with van der Waals surface area (Å²) in [5.74, 6) is -4.11. The number of benzene rings is 2. The van der Waals surface area contributed by atoms with Crippen molar-refractivity contribution in [3.05, 3.63) is 94.4 Å². The number of carbonyl (C=O) groups is 2. The number of carboxylic acids is 2. The monoisotopic (exact) mass is 1040 g/mol. The molecule has 0 saturated carbocycles. The zero-order chi connectivity index (χ0) is 47.8. The number of hydrogen-bond donors (Lipinski definition) is 4. The first-order valence-corrected chi connectivity index (χ1v) is 26.0. The van der Waals surface area contributed by atoms with Gasteiger partial charge < -0.3 is 29.3 Å². The van der Waals surface area contributed by atoms with Gasteiger partial charge in [0.15, 0.2) is 5.71 Å². The number of aliphatic carboxylic acids is 2. The molecule has 0 radical (unpaired) electrons. The van der Waals surface area contributed by atoms with Gasteiger partial charge in [-0.25, -0.2) is 16.8 Å². The predicted molar refractivity (Wildman–Crippen MR) is 227 cm³/mol. The Morgan fingerprint density at radius 3 is 1.81 bits per heavy atom. The van der Waals surface area contributed by atoms with Crippen molar-refractivity contribution >= 4 is 69.5 Å². The Morgan fingerprint density at radius 1 is 0.746 bits per heavy atom. The minimum absolute atomic E-state index is 0. The molecule has 0 fully saturated rings. The molecular formula is C41H48N2Na3O17S4+. The summed E-state index contributed by atoms with van der Waals surface area (Å²) in [4.78, 5) is 23.4. The maximum Gasteiger partial charge on any atom is 1.00 e. The second kappa shape index (κ2) is 23.7. The zero-order valence-electron chi connectivity index (χ0n) is 37.8. The molecule has 0 saturated heterocycles. The third-order valence-corrected chi connectivity index (χ3v) is 15.2. The van der Waals surface area contributed by atoms with Crippen LogP contribution in [0, 0.1) is 0 Å². The molecule has 0 bridgehead atoms. The molecule has 0 amide bonds. The van der Waals surface area contributed by atoms with Gasteiger partial charge in [-0.3, -0.25) is 18.7 Å². The quantitative estimate of drug-likeness (QED) is 0.0370. The van der Waals surface area contributed by atoms with Crippen LogP contribution in [0.15, 0.2) is 93.1 Å². The van der Waals surface area contributed by atoms with E-state index in [4.69, 9.17) is 0 Å². The van der Waals surface area contributed by atoms with Crippen molar-refractivity contribution in [2.45, 2.75) is 98.7 Å². The fourth-order valence-corrected chi connectivity index (χ4v) is 10.7. The number of carboxylic acid groups (broad SMARTS) is 2. The summed E-state index contributed by atoms with van der Waals surface area (Å²) in [7, 11) is -18.8. The molecule has 2 aromatic carbocycles. The summed E-state index contributed by atoms with van der Waals surface area (Å²) in [6.45, 7) is 7.38. The number of anilines is 1. The van der Waals surface area contributed by atoms with Crippen molar-refractivity contribution < 1.29 is 170 Å². The van der Waals surface area contributed by atoms with E-state index in [0.29, 0.717) is 33.9 Å². The molecule has 5 rings (SSSR count). The normalized spacial score (nSPS) is 20.5. The van der Waals surface area contributed by atoms with Gasteiger partial charge in [-0.05, 0) is 105 Å². The third-order valence-electron chi connectivity index (χ3n) is 11.9. The van der Waals surface area contributed by atoms with Crippen LogP contribution in [0.1, 0.15) is 89.2 Å². The number of unbranched alkanes of at least 4 members (excludes halogenated alkanes) is 2. The largest absolute Gasteiger partial charge is 1.00 e. The molecule has 26 heteroatoms. The standard InChI is InChI=1S/C41H50N2O17S4.3Na/c1-26-29(24-35-40(2,16-6-4-10-37(44)45)31-22-27(63(55,56)57)12-14-33(31)42(35)18-8-20-61(49,50)51)39(48)30(26)25-36-41(3,17-7-5-11-38(46)47)32-23-28(64(58,59)60)13-15-34(32)43(36)19-9-21-62(52,53)54;;;/h12-15,22-25H,1,4-11,16-21H2,2-3H3,(H6-,44,45,46,47,48,49,50,51,52,53,54,55,56,57,58,59,60);;;/q;3*+1/p-2/t40-,41-;;;/m1.../s1. The molecule has 2 atom stereocenters. The number of hydrogen-bond acceptors (Lipinski definition) is 14. The predicted octanol–water partition coefficient (Wildman–Crippen LogP) is -5.52. The molecule has 2 heterocycles. The Morgan fingerprint density at radius 2 is 1.30 bits per heavy atom. The van der Waals surface area contributed by atoms with Crippen LogP contribution in [-0.2, 0) is 60.9 Å². The second-order valence-electron chi connectivity index (χ2n) is 16.4. The Labute approximate surface area is 457 Å². The summed E-state index contributed by atoms with van der Waals surface area (Å²) in [6.07, 6.45) is 3.55. The van der Waals surface area contributed by atoms with E-state index in [0.717, 1.165) is 12.1 Å². The summed E-state index contributed by atoms with van der Waals surface area (Å²) in [5.41, 5.74) is -0.0181. The van der Waals surface area contributed by atoms with Crippen LogP contribution in [0.3, 0.4) is 0 Å². The van der Waals surface area contributed by atoms with E-state index < -0.39 is 90.3 Å². The molecule has 2 aromatic rings. The smallest absolute Gasteiger partial charge is 0.872 e. The average molecular weight is 1040 g/mol. The van der Waals surface area contributed by atoms with Crippen molar-refractivity contribution in [2.75, 3.05) is 29.5 Å². The molecule has 19 nitrogen and oxygen atoms in total. The molecule has 0 spiro atoms. The molecule has 2 aliphatic heterocycles. The van der Waals surface area contributed by atoms with E-state index in [-0.39, 0.29) is 183 Å². The van der Waals surface area contributed by atoms with Crippen LogP contribution < -0.4 is 98.7 Å². The van der Waals surface area contributed by atoms with Gasteiger partial charge in [-0.15, -0.1) is 0 Å². The molecular weight excluding hydrogens is 990 g/mol. The summed E-state index contributed by atoms with van der Waals surface area (Å²) < 4.78 is 141. The third kappa shape index (κ3) is 14.7. The maximum absolute atomic E-state index is 14.4. The van der Waals surface area contributed by atoms with Gasteiger partial charge in [0.05, 0.1) is 31.1 Å². The topological polar surface area (TPSA) is 327 Å². The fraction of sp³-hybridized carbons (Fsp3) is 0.439. The van der Waals surface area contributed by atoms with E-state index in [2.05, 4.69) is 6.58 Å². The van der Waals surface area contributed by atoms with Gasteiger partial charge in [0.1, 0.15) is 16.7 Å². The molecule has 1 aliphatic carbocycles. The summed E-state index contributed by atoms with van der Waals surface area (Å²) >= 11 is 0.